The Hall–Kier alpha value is -4.02. The summed E-state index contributed by atoms with van der Waals surface area (Å²) in [4.78, 5) is 18.9. The van der Waals surface area contributed by atoms with E-state index in [1.165, 1.54) is 11.8 Å². The third-order valence-corrected chi connectivity index (χ3v) is 6.79. The molecule has 1 aliphatic rings. The molecule has 0 aliphatic carbocycles. The summed E-state index contributed by atoms with van der Waals surface area (Å²) in [6, 6.07) is 19.9. The second-order valence-corrected chi connectivity index (χ2v) is 9.40. The summed E-state index contributed by atoms with van der Waals surface area (Å²) >= 11 is 1.48. The maximum Gasteiger partial charge on any atom is 0.343 e. The molecule has 2 aromatic carbocycles. The molecule has 1 unspecified atom stereocenters. The Bertz CT molecular complexity index is 1580. The Labute approximate surface area is 200 Å². The average molecular weight is 468 g/mol. The van der Waals surface area contributed by atoms with E-state index in [-0.39, 0.29) is 17.0 Å². The van der Waals surface area contributed by atoms with Crippen LogP contribution < -0.4 is 16.1 Å². The van der Waals surface area contributed by atoms with E-state index >= 15 is 0 Å². The van der Waals surface area contributed by atoms with Gasteiger partial charge in [-0.25, -0.2) is 9.78 Å². The minimum atomic E-state index is -0.768. The number of benzene rings is 2. The SMILES string of the molecule is Cc1ccc(Sc2nc3ccc(C)cc3cc2C2C(C#N)=C(N)Oc3cc(C)oc(=O)c32)cc1. The van der Waals surface area contributed by atoms with Crippen molar-refractivity contribution in [3.05, 3.63) is 104 Å². The van der Waals surface area contributed by atoms with Gasteiger partial charge in [-0.05, 0) is 56.7 Å². The zero-order chi connectivity index (χ0) is 24.0. The fraction of sp³-hybridized carbons (Fsp3) is 0.148. The summed E-state index contributed by atoms with van der Waals surface area (Å²) in [6.45, 7) is 5.70. The molecule has 7 heteroatoms. The van der Waals surface area contributed by atoms with Crippen molar-refractivity contribution in [2.75, 3.05) is 0 Å². The maximum absolute atomic E-state index is 13.0. The zero-order valence-corrected chi connectivity index (χ0v) is 19.7. The summed E-state index contributed by atoms with van der Waals surface area (Å²) in [7, 11) is 0. The zero-order valence-electron chi connectivity index (χ0n) is 18.9. The van der Waals surface area contributed by atoms with Crippen molar-refractivity contribution in [1.29, 1.82) is 5.26 Å². The van der Waals surface area contributed by atoms with E-state index in [0.717, 1.165) is 26.9 Å². The number of nitrogens with zero attached hydrogens (tertiary/aromatic N) is 2. The van der Waals surface area contributed by atoms with Gasteiger partial charge in [-0.2, -0.15) is 5.26 Å². The minimum Gasteiger partial charge on any atom is -0.440 e. The summed E-state index contributed by atoms with van der Waals surface area (Å²) in [5.41, 5.74) is 9.76. The number of pyridine rings is 1. The standard InChI is InChI=1S/C27H21N3O3S/c1-14-4-7-18(8-5-14)34-26-19(12-17-10-15(2)6-9-21(17)30-26)23-20(13-28)25(29)33-22-11-16(3)32-27(31)24(22)23/h4-12,23H,29H2,1-3H3. The molecule has 2 aromatic heterocycles. The highest BCUT2D eigenvalue weighted by Gasteiger charge is 2.36. The number of nitriles is 1. The Balaban J connectivity index is 1.80. The Morgan fingerprint density at radius 1 is 1.03 bits per heavy atom. The van der Waals surface area contributed by atoms with Crippen molar-refractivity contribution in [2.45, 2.75) is 36.6 Å². The lowest BCUT2D eigenvalue weighted by atomic mass is 9.84. The first-order chi connectivity index (χ1) is 16.3. The number of fused-ring (bicyclic) bond motifs is 2. The molecule has 4 aromatic rings. The highest BCUT2D eigenvalue weighted by molar-refractivity contribution is 7.99. The van der Waals surface area contributed by atoms with Crippen molar-refractivity contribution >= 4 is 22.7 Å². The predicted octanol–water partition coefficient (Wildman–Crippen LogP) is 5.48. The smallest absolute Gasteiger partial charge is 0.343 e. The minimum absolute atomic E-state index is 0.0272. The third kappa shape index (κ3) is 3.82. The normalized spacial score (nSPS) is 15.1. The summed E-state index contributed by atoms with van der Waals surface area (Å²) in [5.74, 6) is -0.0975. The van der Waals surface area contributed by atoms with Gasteiger partial charge in [0.1, 0.15) is 28.2 Å². The summed E-state index contributed by atoms with van der Waals surface area (Å²) < 4.78 is 11.1. The monoisotopic (exact) mass is 467 g/mol. The van der Waals surface area contributed by atoms with Crippen molar-refractivity contribution < 1.29 is 9.15 Å². The van der Waals surface area contributed by atoms with Gasteiger partial charge in [0.25, 0.3) is 0 Å². The molecule has 0 fully saturated rings. The van der Waals surface area contributed by atoms with Crippen LogP contribution in [0.15, 0.2) is 85.2 Å². The van der Waals surface area contributed by atoms with Crippen molar-refractivity contribution in [3.8, 4) is 11.8 Å². The van der Waals surface area contributed by atoms with Crippen LogP contribution in [0.25, 0.3) is 10.9 Å². The van der Waals surface area contributed by atoms with E-state index in [1.807, 2.05) is 62.4 Å². The van der Waals surface area contributed by atoms with Crippen LogP contribution in [0.1, 0.15) is 33.9 Å². The molecule has 5 rings (SSSR count). The van der Waals surface area contributed by atoms with Crippen molar-refractivity contribution in [1.82, 2.24) is 4.98 Å². The molecule has 168 valence electrons. The first-order valence-corrected chi connectivity index (χ1v) is 11.5. The number of nitrogens with two attached hydrogens (primary N) is 1. The molecule has 0 spiro atoms. The van der Waals surface area contributed by atoms with Gasteiger partial charge in [0.05, 0.1) is 17.0 Å². The van der Waals surface area contributed by atoms with E-state index in [4.69, 9.17) is 19.9 Å². The molecule has 3 heterocycles. The van der Waals surface area contributed by atoms with E-state index in [2.05, 4.69) is 6.07 Å². The molecule has 0 saturated heterocycles. The van der Waals surface area contributed by atoms with E-state index in [0.29, 0.717) is 22.1 Å². The fourth-order valence-corrected chi connectivity index (χ4v) is 5.06. The second-order valence-electron chi connectivity index (χ2n) is 8.34. The number of hydrogen-bond donors (Lipinski definition) is 1. The van der Waals surface area contributed by atoms with Crippen LogP contribution >= 0.6 is 11.8 Å². The molecule has 0 saturated carbocycles. The van der Waals surface area contributed by atoms with Gasteiger partial charge in [0.15, 0.2) is 0 Å². The van der Waals surface area contributed by atoms with Crippen LogP contribution in [0.3, 0.4) is 0 Å². The van der Waals surface area contributed by atoms with Crippen LogP contribution in [-0.2, 0) is 0 Å². The number of aryl methyl sites for hydroxylation is 3. The lowest BCUT2D eigenvalue weighted by molar-refractivity contribution is 0.371. The molecule has 1 atom stereocenters. The van der Waals surface area contributed by atoms with Crippen LogP contribution in [0.2, 0.25) is 0 Å². The van der Waals surface area contributed by atoms with Gasteiger partial charge >= 0.3 is 5.63 Å². The molecular weight excluding hydrogens is 446 g/mol. The van der Waals surface area contributed by atoms with Crippen LogP contribution in [-0.4, -0.2) is 4.98 Å². The fourth-order valence-electron chi connectivity index (χ4n) is 4.13. The van der Waals surface area contributed by atoms with E-state index in [9.17, 15) is 10.1 Å². The topological polar surface area (TPSA) is 102 Å². The Morgan fingerprint density at radius 2 is 1.76 bits per heavy atom. The van der Waals surface area contributed by atoms with Crippen molar-refractivity contribution in [3.63, 3.8) is 0 Å². The van der Waals surface area contributed by atoms with Gasteiger partial charge in [0, 0.05) is 16.3 Å². The van der Waals surface area contributed by atoms with Gasteiger partial charge in [-0.15, -0.1) is 0 Å². The van der Waals surface area contributed by atoms with E-state index < -0.39 is 11.5 Å². The highest BCUT2D eigenvalue weighted by Crippen LogP contribution is 2.45. The maximum atomic E-state index is 13.0. The highest BCUT2D eigenvalue weighted by atomic mass is 32.2. The summed E-state index contributed by atoms with van der Waals surface area (Å²) in [6.07, 6.45) is 0. The lowest BCUT2D eigenvalue weighted by Crippen LogP contribution is -2.26. The molecule has 2 N–H and O–H groups in total. The average Bonchev–Trinajstić information content (AvgIpc) is 2.79. The molecule has 0 radical (unpaired) electrons. The van der Waals surface area contributed by atoms with Crippen LogP contribution in [0.5, 0.6) is 5.75 Å². The first-order valence-electron chi connectivity index (χ1n) is 10.7. The second kappa shape index (κ2) is 8.40. The van der Waals surface area contributed by atoms with Crippen LogP contribution in [0, 0.1) is 32.1 Å². The molecule has 0 amide bonds. The van der Waals surface area contributed by atoms with Crippen molar-refractivity contribution in [2.24, 2.45) is 5.73 Å². The van der Waals surface area contributed by atoms with Crippen LogP contribution in [0.4, 0.5) is 0 Å². The Kier molecular flexibility index (Phi) is 5.39. The number of allylic oxidation sites excluding steroid dienone is 1. The number of aromatic nitrogens is 1. The quantitative estimate of drug-likeness (QED) is 0.425. The van der Waals surface area contributed by atoms with Gasteiger partial charge < -0.3 is 14.9 Å². The molecular formula is C27H21N3O3S. The lowest BCUT2D eigenvalue weighted by Gasteiger charge is -2.26. The molecule has 1 aliphatic heterocycles. The molecule has 6 nitrogen and oxygen atoms in total. The first kappa shape index (κ1) is 21.8. The third-order valence-electron chi connectivity index (χ3n) is 5.77. The number of hydrogen-bond acceptors (Lipinski definition) is 7. The number of ether oxygens (including phenoxy) is 1. The van der Waals surface area contributed by atoms with Gasteiger partial charge in [-0.1, -0.05) is 41.1 Å². The Morgan fingerprint density at radius 3 is 2.50 bits per heavy atom. The van der Waals surface area contributed by atoms with Gasteiger partial charge in [-0.3, -0.25) is 0 Å². The molecule has 0 bridgehead atoms. The van der Waals surface area contributed by atoms with Gasteiger partial charge in [0.2, 0.25) is 5.88 Å². The predicted molar refractivity (Wildman–Crippen MR) is 131 cm³/mol. The molecule has 34 heavy (non-hydrogen) atoms. The largest absolute Gasteiger partial charge is 0.440 e. The van der Waals surface area contributed by atoms with E-state index in [1.54, 1.807) is 13.0 Å². The number of rotatable bonds is 3. The summed E-state index contributed by atoms with van der Waals surface area (Å²) in [5, 5.41) is 11.6.